The molecule has 1 aromatic rings. The van der Waals surface area contributed by atoms with Crippen LogP contribution in [0.2, 0.25) is 0 Å². The van der Waals surface area contributed by atoms with Crippen LogP contribution in [0.25, 0.3) is 0 Å². The van der Waals surface area contributed by atoms with Gasteiger partial charge in [-0.1, -0.05) is 27.7 Å². The van der Waals surface area contributed by atoms with E-state index in [1.165, 1.54) is 12.0 Å². The van der Waals surface area contributed by atoms with Gasteiger partial charge in [0, 0.05) is 17.5 Å². The Morgan fingerprint density at radius 2 is 1.91 bits per heavy atom. The van der Waals surface area contributed by atoms with Gasteiger partial charge in [0.05, 0.1) is 5.60 Å². The van der Waals surface area contributed by atoms with Crippen LogP contribution in [0, 0.1) is 5.41 Å². The molecule has 0 saturated heterocycles. The Kier molecular flexibility index (Phi) is 2.97. The van der Waals surface area contributed by atoms with Crippen LogP contribution in [0.1, 0.15) is 75.7 Å². The highest BCUT2D eigenvalue weighted by molar-refractivity contribution is 5.60. The summed E-state index contributed by atoms with van der Waals surface area (Å²) in [6.45, 7) is 8.65. The molecule has 2 N–H and O–H groups in total. The quantitative estimate of drug-likeness (QED) is 0.582. The number of rotatable bonds is 1. The largest absolute Gasteiger partial charge is 0.504 e. The smallest absolute Gasteiger partial charge is 0.161 e. The minimum absolute atomic E-state index is 0.0491. The molecule has 23 heavy (non-hydrogen) atoms. The van der Waals surface area contributed by atoms with Crippen molar-refractivity contribution in [1.29, 1.82) is 0 Å². The molecule has 1 fully saturated rings. The lowest BCUT2D eigenvalue weighted by atomic mass is 9.64. The van der Waals surface area contributed by atoms with E-state index in [9.17, 15) is 10.2 Å². The van der Waals surface area contributed by atoms with Gasteiger partial charge in [0.2, 0.25) is 0 Å². The molecule has 124 valence electrons. The van der Waals surface area contributed by atoms with Gasteiger partial charge in [0.1, 0.15) is 6.10 Å². The maximum absolute atomic E-state index is 10.6. The average Bonchev–Trinajstić information content (AvgIpc) is 2.78. The predicted molar refractivity (Wildman–Crippen MR) is 89.8 cm³/mol. The van der Waals surface area contributed by atoms with E-state index in [1.54, 1.807) is 0 Å². The third-order valence-corrected chi connectivity index (χ3v) is 6.11. The molecule has 3 nitrogen and oxygen atoms in total. The van der Waals surface area contributed by atoms with Gasteiger partial charge in [-0.15, -0.1) is 0 Å². The molecule has 3 heteroatoms. The topological polar surface area (TPSA) is 49.7 Å². The summed E-state index contributed by atoms with van der Waals surface area (Å²) in [4.78, 5) is 0. The molecule has 3 aliphatic rings. The Bertz CT molecular complexity index is 714. The second-order valence-corrected chi connectivity index (χ2v) is 8.41. The molecule has 2 heterocycles. The zero-order chi connectivity index (χ0) is 16.6. The van der Waals surface area contributed by atoms with Gasteiger partial charge >= 0.3 is 0 Å². The van der Waals surface area contributed by atoms with E-state index in [4.69, 9.17) is 4.74 Å². The van der Waals surface area contributed by atoms with Gasteiger partial charge in [0.25, 0.3) is 0 Å². The van der Waals surface area contributed by atoms with E-state index in [1.807, 2.05) is 19.9 Å². The second kappa shape index (κ2) is 4.54. The molecule has 0 unspecified atom stereocenters. The van der Waals surface area contributed by atoms with Crippen molar-refractivity contribution >= 4 is 0 Å². The SMILES string of the molecule is CC(C)c1cc2c(c(O)c1O)C[C@@]13CCCC(C)(C)C1=C[C@H]2O3. The first kappa shape index (κ1) is 15.1. The molecular weight excluding hydrogens is 288 g/mol. The van der Waals surface area contributed by atoms with Crippen molar-refractivity contribution in [3.63, 3.8) is 0 Å². The van der Waals surface area contributed by atoms with E-state index in [0.717, 1.165) is 29.5 Å². The molecule has 1 spiro atoms. The minimum Gasteiger partial charge on any atom is -0.504 e. The lowest BCUT2D eigenvalue weighted by Crippen LogP contribution is -2.44. The fourth-order valence-corrected chi connectivity index (χ4v) is 4.91. The summed E-state index contributed by atoms with van der Waals surface area (Å²) in [5.41, 5.74) is 3.98. The summed E-state index contributed by atoms with van der Waals surface area (Å²) in [6.07, 6.45) is 6.20. The average molecular weight is 314 g/mol. The number of phenols is 2. The van der Waals surface area contributed by atoms with Gasteiger partial charge in [0.15, 0.2) is 11.5 Å². The highest BCUT2D eigenvalue weighted by Gasteiger charge is 2.54. The van der Waals surface area contributed by atoms with Crippen molar-refractivity contribution in [2.24, 2.45) is 5.41 Å². The molecule has 0 radical (unpaired) electrons. The molecule has 4 rings (SSSR count). The molecule has 1 aromatic carbocycles. The molecule has 1 aliphatic carbocycles. The van der Waals surface area contributed by atoms with Crippen LogP contribution in [0.5, 0.6) is 11.5 Å². The Balaban J connectivity index is 1.90. The normalized spacial score (nSPS) is 30.8. The minimum atomic E-state index is -0.275. The first-order chi connectivity index (χ1) is 10.8. The Hall–Kier alpha value is -1.48. The van der Waals surface area contributed by atoms with Gasteiger partial charge in [-0.25, -0.2) is 0 Å². The van der Waals surface area contributed by atoms with Crippen LogP contribution in [0.15, 0.2) is 17.7 Å². The predicted octanol–water partition coefficient (Wildman–Crippen LogP) is 4.72. The van der Waals surface area contributed by atoms with E-state index in [-0.39, 0.29) is 34.5 Å². The van der Waals surface area contributed by atoms with Crippen molar-refractivity contribution in [3.05, 3.63) is 34.4 Å². The lowest BCUT2D eigenvalue weighted by molar-refractivity contribution is -0.0677. The second-order valence-electron chi connectivity index (χ2n) is 8.41. The van der Waals surface area contributed by atoms with Crippen molar-refractivity contribution < 1.29 is 14.9 Å². The standard InChI is InChI=1S/C20H26O3/c1-11(2)12-8-13-14(18(22)17(12)21)10-20-7-5-6-19(3,4)16(20)9-15(13)23-20/h8-9,11,15,21-22H,5-7,10H2,1-4H3/t15-,20+/m1/s1. The van der Waals surface area contributed by atoms with Crippen molar-refractivity contribution in [3.8, 4) is 11.5 Å². The molecule has 1 saturated carbocycles. The van der Waals surface area contributed by atoms with E-state index in [0.29, 0.717) is 6.42 Å². The van der Waals surface area contributed by atoms with E-state index < -0.39 is 0 Å². The summed E-state index contributed by atoms with van der Waals surface area (Å²) in [5, 5.41) is 21.0. The van der Waals surface area contributed by atoms with Crippen LogP contribution >= 0.6 is 0 Å². The third kappa shape index (κ3) is 1.92. The Morgan fingerprint density at radius 1 is 1.17 bits per heavy atom. The monoisotopic (exact) mass is 314 g/mol. The summed E-state index contributed by atoms with van der Waals surface area (Å²) < 4.78 is 6.50. The van der Waals surface area contributed by atoms with Crippen molar-refractivity contribution in [1.82, 2.24) is 0 Å². The summed E-state index contributed by atoms with van der Waals surface area (Å²) in [6, 6.07) is 2.04. The first-order valence-corrected chi connectivity index (χ1v) is 8.73. The van der Waals surface area contributed by atoms with Gasteiger partial charge in [-0.3, -0.25) is 0 Å². The maximum Gasteiger partial charge on any atom is 0.161 e. The molecule has 2 bridgehead atoms. The molecule has 0 aromatic heterocycles. The van der Waals surface area contributed by atoms with Crippen LogP contribution in [-0.4, -0.2) is 15.8 Å². The van der Waals surface area contributed by atoms with Crippen LogP contribution in [0.4, 0.5) is 0 Å². The van der Waals surface area contributed by atoms with E-state index >= 15 is 0 Å². The zero-order valence-electron chi connectivity index (χ0n) is 14.4. The number of benzene rings is 1. The van der Waals surface area contributed by atoms with Gasteiger partial charge in [-0.2, -0.15) is 0 Å². The molecule has 0 amide bonds. The summed E-state index contributed by atoms with van der Waals surface area (Å²) in [7, 11) is 0. The number of fused-ring (bicyclic) bond motifs is 3. The fraction of sp³-hybridized carbons (Fsp3) is 0.600. The highest BCUT2D eigenvalue weighted by atomic mass is 16.5. The summed E-state index contributed by atoms with van der Waals surface area (Å²) in [5.74, 6) is 0.278. The van der Waals surface area contributed by atoms with Crippen molar-refractivity contribution in [2.75, 3.05) is 0 Å². The van der Waals surface area contributed by atoms with Crippen LogP contribution in [-0.2, 0) is 11.2 Å². The fourth-order valence-electron chi connectivity index (χ4n) is 4.91. The van der Waals surface area contributed by atoms with Gasteiger partial charge < -0.3 is 14.9 Å². The number of hydrogen-bond acceptors (Lipinski definition) is 3. The van der Waals surface area contributed by atoms with Crippen LogP contribution in [0.3, 0.4) is 0 Å². The van der Waals surface area contributed by atoms with Gasteiger partial charge in [-0.05, 0) is 53.9 Å². The first-order valence-electron chi connectivity index (χ1n) is 8.73. The molecule has 2 atom stereocenters. The summed E-state index contributed by atoms with van der Waals surface area (Å²) >= 11 is 0. The van der Waals surface area contributed by atoms with E-state index in [2.05, 4.69) is 19.9 Å². The Labute approximate surface area is 138 Å². The zero-order valence-corrected chi connectivity index (χ0v) is 14.4. The van der Waals surface area contributed by atoms with Crippen LogP contribution < -0.4 is 0 Å². The number of aromatic hydroxyl groups is 2. The molecule has 2 aliphatic heterocycles. The Morgan fingerprint density at radius 3 is 2.61 bits per heavy atom. The number of hydrogen-bond donors (Lipinski definition) is 2. The third-order valence-electron chi connectivity index (χ3n) is 6.11. The van der Waals surface area contributed by atoms with Crippen molar-refractivity contribution in [2.45, 2.75) is 71.0 Å². The molecular formula is C20H26O3. The number of ether oxygens (including phenoxy) is 1. The lowest BCUT2D eigenvalue weighted by Gasteiger charge is -2.46. The number of phenolic OH excluding ortho intramolecular Hbond substituents is 2. The maximum atomic E-state index is 10.6. The highest BCUT2D eigenvalue weighted by Crippen LogP contribution is 2.60.